The molecule has 2 saturated heterocycles. The number of hydrogen-bond donors (Lipinski definition) is 1. The van der Waals surface area contributed by atoms with Gasteiger partial charge >= 0.3 is 0 Å². The van der Waals surface area contributed by atoms with Gasteiger partial charge in [0.15, 0.2) is 0 Å². The van der Waals surface area contributed by atoms with Crippen molar-refractivity contribution in [3.8, 4) is 11.5 Å². The van der Waals surface area contributed by atoms with Gasteiger partial charge in [-0.3, -0.25) is 4.90 Å². The van der Waals surface area contributed by atoms with Crippen LogP contribution >= 0.6 is 0 Å². The standard InChI is InChI=1S/C23H29NO4/c1-26-21-8-5-9-22(12-21)28-11-10-23(25)13-19-16-27-17-20(14-23)24(19)15-18-6-3-2-4-7-18/h2-9,12,19-20,25H,10-11,13-17H2,1H3. The van der Waals surface area contributed by atoms with E-state index < -0.39 is 5.60 Å². The SMILES string of the molecule is COc1cccc(OCCC2(O)CC3COCC(C2)N3Cc2ccccc2)c1. The summed E-state index contributed by atoms with van der Waals surface area (Å²) in [5.41, 5.74) is 0.608. The Morgan fingerprint density at radius 1 is 1.04 bits per heavy atom. The second kappa shape index (κ2) is 8.52. The van der Waals surface area contributed by atoms with Crippen molar-refractivity contribution in [3.05, 3.63) is 60.2 Å². The van der Waals surface area contributed by atoms with E-state index in [-0.39, 0.29) is 12.1 Å². The molecule has 2 aromatic carbocycles. The topological polar surface area (TPSA) is 51.2 Å². The lowest BCUT2D eigenvalue weighted by molar-refractivity contribution is -0.150. The van der Waals surface area contributed by atoms with Crippen molar-refractivity contribution in [2.24, 2.45) is 0 Å². The van der Waals surface area contributed by atoms with Crippen LogP contribution in [0.25, 0.3) is 0 Å². The molecule has 150 valence electrons. The number of morpholine rings is 1. The van der Waals surface area contributed by atoms with Crippen LogP contribution in [-0.4, -0.2) is 54.6 Å². The van der Waals surface area contributed by atoms with Crippen molar-refractivity contribution in [1.29, 1.82) is 0 Å². The van der Waals surface area contributed by atoms with Gasteiger partial charge in [0, 0.05) is 31.1 Å². The maximum atomic E-state index is 11.3. The normalized spacial score (nSPS) is 27.4. The summed E-state index contributed by atoms with van der Waals surface area (Å²) in [5, 5.41) is 11.3. The lowest BCUT2D eigenvalue weighted by atomic mass is 9.79. The molecule has 5 heteroatoms. The molecule has 0 aromatic heterocycles. The Morgan fingerprint density at radius 2 is 1.75 bits per heavy atom. The molecular formula is C23H29NO4. The highest BCUT2D eigenvalue weighted by Gasteiger charge is 2.45. The van der Waals surface area contributed by atoms with Gasteiger partial charge in [-0.2, -0.15) is 0 Å². The summed E-state index contributed by atoms with van der Waals surface area (Å²) in [6.45, 7) is 2.77. The maximum absolute atomic E-state index is 11.3. The van der Waals surface area contributed by atoms with Crippen LogP contribution in [0.2, 0.25) is 0 Å². The zero-order valence-corrected chi connectivity index (χ0v) is 16.4. The van der Waals surface area contributed by atoms with Crippen LogP contribution in [0, 0.1) is 0 Å². The minimum atomic E-state index is -0.703. The molecule has 2 unspecified atom stereocenters. The number of hydrogen-bond acceptors (Lipinski definition) is 5. The molecule has 2 bridgehead atoms. The first-order valence-corrected chi connectivity index (χ1v) is 10.0. The van der Waals surface area contributed by atoms with E-state index in [0.717, 1.165) is 30.9 Å². The molecule has 0 radical (unpaired) electrons. The summed E-state index contributed by atoms with van der Waals surface area (Å²) in [6.07, 6.45) is 2.06. The average molecular weight is 383 g/mol. The Morgan fingerprint density at radius 3 is 2.46 bits per heavy atom. The lowest BCUT2D eigenvalue weighted by Gasteiger charge is -2.51. The molecule has 0 saturated carbocycles. The van der Waals surface area contributed by atoms with Gasteiger partial charge in [-0.25, -0.2) is 0 Å². The van der Waals surface area contributed by atoms with Gasteiger partial charge in [-0.05, 0) is 30.5 Å². The Bertz CT molecular complexity index is 752. The first-order valence-electron chi connectivity index (χ1n) is 10.0. The molecule has 28 heavy (non-hydrogen) atoms. The number of piperidine rings is 1. The predicted octanol–water partition coefficient (Wildman–Crippen LogP) is 3.26. The Balaban J connectivity index is 1.35. The second-order valence-corrected chi connectivity index (χ2v) is 7.91. The number of methoxy groups -OCH3 is 1. The summed E-state index contributed by atoms with van der Waals surface area (Å²) in [7, 11) is 1.64. The zero-order valence-electron chi connectivity index (χ0n) is 16.4. The first kappa shape index (κ1) is 19.2. The average Bonchev–Trinajstić information content (AvgIpc) is 2.70. The van der Waals surface area contributed by atoms with Crippen molar-refractivity contribution in [3.63, 3.8) is 0 Å². The summed E-state index contributed by atoms with van der Waals surface area (Å²) < 4.78 is 16.9. The monoisotopic (exact) mass is 383 g/mol. The van der Waals surface area contributed by atoms with Crippen LogP contribution < -0.4 is 9.47 Å². The molecule has 0 aliphatic carbocycles. The highest BCUT2D eigenvalue weighted by atomic mass is 16.5. The molecule has 2 atom stereocenters. The molecule has 1 N–H and O–H groups in total. The number of aliphatic hydroxyl groups is 1. The predicted molar refractivity (Wildman–Crippen MR) is 108 cm³/mol. The largest absolute Gasteiger partial charge is 0.497 e. The van der Waals surface area contributed by atoms with Gasteiger partial charge in [0.2, 0.25) is 0 Å². The highest BCUT2D eigenvalue weighted by molar-refractivity contribution is 5.32. The Kier molecular flexibility index (Phi) is 5.85. The summed E-state index contributed by atoms with van der Waals surface area (Å²) in [6, 6.07) is 18.6. The highest BCUT2D eigenvalue weighted by Crippen LogP contribution is 2.37. The minimum absolute atomic E-state index is 0.245. The van der Waals surface area contributed by atoms with Crippen molar-refractivity contribution in [2.45, 2.75) is 43.5 Å². The van der Waals surface area contributed by atoms with Crippen molar-refractivity contribution in [1.82, 2.24) is 4.90 Å². The molecule has 2 fully saturated rings. The number of ether oxygens (including phenoxy) is 3. The maximum Gasteiger partial charge on any atom is 0.122 e. The Labute approximate surface area is 166 Å². The molecule has 4 rings (SSSR count). The molecule has 0 spiro atoms. The van der Waals surface area contributed by atoms with E-state index in [0.29, 0.717) is 26.2 Å². The fraction of sp³-hybridized carbons (Fsp3) is 0.478. The summed E-state index contributed by atoms with van der Waals surface area (Å²) >= 11 is 0. The molecule has 0 amide bonds. The van der Waals surface area contributed by atoms with Gasteiger partial charge in [0.25, 0.3) is 0 Å². The van der Waals surface area contributed by atoms with Crippen LogP contribution in [0.1, 0.15) is 24.8 Å². The third-order valence-electron chi connectivity index (χ3n) is 5.88. The molecule has 2 heterocycles. The molecular weight excluding hydrogens is 354 g/mol. The van der Waals surface area contributed by atoms with E-state index in [2.05, 4.69) is 29.2 Å². The van der Waals surface area contributed by atoms with Crippen LogP contribution in [-0.2, 0) is 11.3 Å². The van der Waals surface area contributed by atoms with Gasteiger partial charge < -0.3 is 19.3 Å². The lowest BCUT2D eigenvalue weighted by Crippen LogP contribution is -2.61. The van der Waals surface area contributed by atoms with E-state index in [1.165, 1.54) is 5.56 Å². The van der Waals surface area contributed by atoms with E-state index in [1.54, 1.807) is 7.11 Å². The van der Waals surface area contributed by atoms with Crippen molar-refractivity contribution in [2.75, 3.05) is 26.9 Å². The molecule has 2 aliphatic heterocycles. The summed E-state index contributed by atoms with van der Waals surface area (Å²) in [5.74, 6) is 1.55. The molecule has 2 aliphatic rings. The van der Waals surface area contributed by atoms with Crippen LogP contribution in [0.5, 0.6) is 11.5 Å². The second-order valence-electron chi connectivity index (χ2n) is 7.91. The molecule has 5 nitrogen and oxygen atoms in total. The third-order valence-corrected chi connectivity index (χ3v) is 5.88. The third kappa shape index (κ3) is 4.49. The summed E-state index contributed by atoms with van der Waals surface area (Å²) in [4.78, 5) is 2.51. The van der Waals surface area contributed by atoms with Gasteiger partial charge in [0.1, 0.15) is 11.5 Å². The first-order chi connectivity index (χ1) is 13.6. The minimum Gasteiger partial charge on any atom is -0.497 e. The molecule has 2 aromatic rings. The van der Waals surface area contributed by atoms with Crippen LogP contribution in [0.4, 0.5) is 0 Å². The van der Waals surface area contributed by atoms with E-state index in [1.807, 2.05) is 30.3 Å². The quantitative estimate of drug-likeness (QED) is 0.795. The van der Waals surface area contributed by atoms with Crippen molar-refractivity contribution >= 4 is 0 Å². The van der Waals surface area contributed by atoms with Gasteiger partial charge in [0.05, 0.1) is 32.5 Å². The van der Waals surface area contributed by atoms with E-state index >= 15 is 0 Å². The van der Waals surface area contributed by atoms with Crippen molar-refractivity contribution < 1.29 is 19.3 Å². The zero-order chi connectivity index (χ0) is 19.4. The number of fused-ring (bicyclic) bond motifs is 2. The fourth-order valence-electron chi connectivity index (χ4n) is 4.45. The van der Waals surface area contributed by atoms with Crippen LogP contribution in [0.3, 0.4) is 0 Å². The smallest absolute Gasteiger partial charge is 0.122 e. The fourth-order valence-corrected chi connectivity index (χ4v) is 4.45. The van der Waals surface area contributed by atoms with Gasteiger partial charge in [-0.1, -0.05) is 36.4 Å². The number of nitrogens with zero attached hydrogens (tertiary/aromatic N) is 1. The van der Waals surface area contributed by atoms with Gasteiger partial charge in [-0.15, -0.1) is 0 Å². The van der Waals surface area contributed by atoms with E-state index in [4.69, 9.17) is 14.2 Å². The Hall–Kier alpha value is -2.08. The van der Waals surface area contributed by atoms with E-state index in [9.17, 15) is 5.11 Å². The number of benzene rings is 2. The number of rotatable bonds is 7. The van der Waals surface area contributed by atoms with Crippen LogP contribution in [0.15, 0.2) is 54.6 Å².